The van der Waals surface area contributed by atoms with Gasteiger partial charge in [0, 0.05) is 0 Å². The predicted molar refractivity (Wildman–Crippen MR) is 53.3 cm³/mol. The van der Waals surface area contributed by atoms with Gasteiger partial charge in [-0.3, -0.25) is 4.79 Å². The normalized spacial score (nSPS) is 11.9. The van der Waals surface area contributed by atoms with Crippen LogP contribution in [0.1, 0.15) is 13.8 Å². The molecule has 0 radical (unpaired) electrons. The van der Waals surface area contributed by atoms with E-state index in [0.29, 0.717) is 11.0 Å². The van der Waals surface area contributed by atoms with E-state index in [9.17, 15) is 4.79 Å². The van der Waals surface area contributed by atoms with Gasteiger partial charge in [-0.05, 0) is 26.1 Å². The van der Waals surface area contributed by atoms with Crippen LogP contribution in [0.4, 0.5) is 0 Å². The van der Waals surface area contributed by atoms with Gasteiger partial charge in [-0.15, -0.1) is 0 Å². The van der Waals surface area contributed by atoms with Gasteiger partial charge >= 0.3 is 5.97 Å². The molecule has 0 fully saturated rings. The first kappa shape index (κ1) is 11.7. The highest BCUT2D eigenvalue weighted by Gasteiger charge is 2.16. The van der Waals surface area contributed by atoms with Crippen molar-refractivity contribution in [3.63, 3.8) is 0 Å². The summed E-state index contributed by atoms with van der Waals surface area (Å²) in [4.78, 5) is 10.9. The fraction of sp³-hybridized carbons (Fsp3) is 0.714. The van der Waals surface area contributed by atoms with Gasteiger partial charge in [0.25, 0.3) is 0 Å². The molecule has 0 spiro atoms. The second kappa shape index (κ2) is 6.25. The Kier molecular flexibility index (Phi) is 6.10. The standard InChI is InChI=1S/C7H12O3S2/c1-4-10-7(11)12-5(2)6(8)9-3/h5H,4H2,1-3H3. The molecule has 12 heavy (non-hydrogen) atoms. The number of methoxy groups -OCH3 is 1. The van der Waals surface area contributed by atoms with Gasteiger partial charge in [0.05, 0.1) is 13.7 Å². The Morgan fingerprint density at radius 3 is 2.67 bits per heavy atom. The van der Waals surface area contributed by atoms with Crippen LogP contribution < -0.4 is 0 Å². The highest BCUT2D eigenvalue weighted by atomic mass is 32.2. The molecule has 0 saturated heterocycles. The molecule has 1 atom stereocenters. The number of thiocarbonyl (C=S) groups is 1. The summed E-state index contributed by atoms with van der Waals surface area (Å²) in [5.41, 5.74) is 0. The number of thioether (sulfide) groups is 1. The van der Waals surface area contributed by atoms with Crippen LogP contribution in [0.5, 0.6) is 0 Å². The van der Waals surface area contributed by atoms with Crippen LogP contribution in [0.15, 0.2) is 0 Å². The average Bonchev–Trinajstić information content (AvgIpc) is 2.03. The van der Waals surface area contributed by atoms with Crippen molar-refractivity contribution in [1.29, 1.82) is 0 Å². The highest BCUT2D eigenvalue weighted by Crippen LogP contribution is 2.14. The zero-order valence-corrected chi connectivity index (χ0v) is 8.96. The minimum atomic E-state index is -0.297. The van der Waals surface area contributed by atoms with E-state index in [1.807, 2.05) is 6.92 Å². The summed E-state index contributed by atoms with van der Waals surface area (Å²) in [7, 11) is 1.35. The van der Waals surface area contributed by atoms with Crippen molar-refractivity contribution in [1.82, 2.24) is 0 Å². The summed E-state index contributed by atoms with van der Waals surface area (Å²) in [6, 6.07) is 0. The molecule has 0 heterocycles. The van der Waals surface area contributed by atoms with Crippen molar-refractivity contribution in [3.05, 3.63) is 0 Å². The first-order chi connectivity index (χ1) is 5.61. The van der Waals surface area contributed by atoms with Crippen LogP contribution in [0, 0.1) is 0 Å². The van der Waals surface area contributed by atoms with Crippen molar-refractivity contribution >= 4 is 34.3 Å². The van der Waals surface area contributed by atoms with E-state index in [-0.39, 0.29) is 11.2 Å². The van der Waals surface area contributed by atoms with E-state index in [4.69, 9.17) is 17.0 Å². The molecule has 0 bridgehead atoms. The highest BCUT2D eigenvalue weighted by molar-refractivity contribution is 8.23. The van der Waals surface area contributed by atoms with Crippen molar-refractivity contribution in [2.45, 2.75) is 19.1 Å². The lowest BCUT2D eigenvalue weighted by molar-refractivity contribution is -0.139. The number of ether oxygens (including phenoxy) is 2. The summed E-state index contributed by atoms with van der Waals surface area (Å²) in [5, 5.41) is -0.297. The number of hydrogen-bond donors (Lipinski definition) is 0. The van der Waals surface area contributed by atoms with E-state index in [1.165, 1.54) is 18.9 Å². The van der Waals surface area contributed by atoms with E-state index in [1.54, 1.807) is 6.92 Å². The Bertz CT molecular complexity index is 170. The molecule has 0 N–H and O–H groups in total. The van der Waals surface area contributed by atoms with Gasteiger partial charge < -0.3 is 9.47 Å². The predicted octanol–water partition coefficient (Wildman–Crippen LogP) is 1.60. The van der Waals surface area contributed by atoms with Gasteiger partial charge in [-0.25, -0.2) is 0 Å². The molecule has 5 heteroatoms. The summed E-state index contributed by atoms with van der Waals surface area (Å²) < 4.78 is 9.89. The molecule has 0 aromatic heterocycles. The number of esters is 1. The molecule has 0 aliphatic carbocycles. The lowest BCUT2D eigenvalue weighted by Crippen LogP contribution is -2.17. The maximum atomic E-state index is 10.9. The third-order valence-electron chi connectivity index (χ3n) is 1.07. The molecule has 0 saturated carbocycles. The van der Waals surface area contributed by atoms with Crippen molar-refractivity contribution < 1.29 is 14.3 Å². The lowest BCUT2D eigenvalue weighted by Gasteiger charge is -2.08. The van der Waals surface area contributed by atoms with E-state index in [0.717, 1.165) is 0 Å². The third kappa shape index (κ3) is 4.56. The summed E-state index contributed by atoms with van der Waals surface area (Å²) in [5.74, 6) is -0.290. The molecule has 0 aromatic carbocycles. The average molecular weight is 208 g/mol. The molecule has 0 aliphatic heterocycles. The largest absolute Gasteiger partial charge is 0.479 e. The van der Waals surface area contributed by atoms with E-state index < -0.39 is 0 Å². The Morgan fingerprint density at radius 1 is 1.67 bits per heavy atom. The minimum absolute atomic E-state index is 0.290. The second-order valence-corrected chi connectivity index (χ2v) is 3.91. The van der Waals surface area contributed by atoms with Crippen LogP contribution in [-0.2, 0) is 14.3 Å². The maximum Gasteiger partial charge on any atom is 0.319 e. The molecular weight excluding hydrogens is 196 g/mol. The first-order valence-electron chi connectivity index (χ1n) is 3.53. The molecule has 1 unspecified atom stereocenters. The number of carbonyl (C=O) groups is 1. The van der Waals surface area contributed by atoms with E-state index >= 15 is 0 Å². The number of hydrogen-bond acceptors (Lipinski definition) is 5. The molecule has 3 nitrogen and oxygen atoms in total. The van der Waals surface area contributed by atoms with Crippen LogP contribution in [-0.4, -0.2) is 29.3 Å². The Labute approximate surface area is 81.8 Å². The number of rotatable bonds is 3. The van der Waals surface area contributed by atoms with Gasteiger partial charge in [-0.2, -0.15) is 0 Å². The van der Waals surface area contributed by atoms with Crippen molar-refractivity contribution in [2.24, 2.45) is 0 Å². The lowest BCUT2D eigenvalue weighted by atomic mass is 10.5. The van der Waals surface area contributed by atoms with Crippen LogP contribution in [0.25, 0.3) is 0 Å². The topological polar surface area (TPSA) is 35.5 Å². The fourth-order valence-electron chi connectivity index (χ4n) is 0.510. The van der Waals surface area contributed by atoms with Gasteiger partial charge in [0.1, 0.15) is 5.25 Å². The summed E-state index contributed by atoms with van der Waals surface area (Å²) in [6.07, 6.45) is 0. The Balaban J connectivity index is 3.75. The van der Waals surface area contributed by atoms with Crippen LogP contribution in [0.3, 0.4) is 0 Å². The Morgan fingerprint density at radius 2 is 2.25 bits per heavy atom. The van der Waals surface area contributed by atoms with Gasteiger partial charge in [-0.1, -0.05) is 11.8 Å². The molecule has 0 aliphatic rings. The maximum absolute atomic E-state index is 10.9. The second-order valence-electron chi connectivity index (χ2n) is 1.97. The SMILES string of the molecule is CCOC(=S)SC(C)C(=O)OC. The molecular formula is C7H12O3S2. The van der Waals surface area contributed by atoms with Crippen molar-refractivity contribution in [3.8, 4) is 0 Å². The van der Waals surface area contributed by atoms with Gasteiger partial charge in [0.2, 0.25) is 4.38 Å². The molecule has 0 amide bonds. The van der Waals surface area contributed by atoms with Gasteiger partial charge in [0.15, 0.2) is 0 Å². The quantitative estimate of drug-likeness (QED) is 0.520. The summed E-state index contributed by atoms with van der Waals surface area (Å²) in [6.45, 7) is 4.09. The molecule has 70 valence electrons. The molecule has 0 rings (SSSR count). The zero-order chi connectivity index (χ0) is 9.56. The first-order valence-corrected chi connectivity index (χ1v) is 4.81. The minimum Gasteiger partial charge on any atom is -0.479 e. The monoisotopic (exact) mass is 208 g/mol. The number of carbonyl (C=O) groups excluding carboxylic acids is 1. The van der Waals surface area contributed by atoms with Crippen LogP contribution in [0.2, 0.25) is 0 Å². The molecule has 0 aromatic rings. The zero-order valence-electron chi connectivity index (χ0n) is 7.33. The third-order valence-corrected chi connectivity index (χ3v) is 2.33. The smallest absolute Gasteiger partial charge is 0.319 e. The Hall–Kier alpha value is -0.290. The van der Waals surface area contributed by atoms with E-state index in [2.05, 4.69) is 4.74 Å². The van der Waals surface area contributed by atoms with Crippen LogP contribution >= 0.6 is 24.0 Å². The van der Waals surface area contributed by atoms with Crippen molar-refractivity contribution in [2.75, 3.05) is 13.7 Å². The fourth-order valence-corrected chi connectivity index (χ4v) is 1.73. The summed E-state index contributed by atoms with van der Waals surface area (Å²) >= 11 is 6.02.